The number of benzene rings is 1. The highest BCUT2D eigenvalue weighted by Crippen LogP contribution is 2.20. The average Bonchev–Trinajstić information content (AvgIpc) is 3.00. The number of carbonyl (C=O) groups excluding carboxylic acids is 3. The zero-order valence-corrected chi connectivity index (χ0v) is 13.8. The van der Waals surface area contributed by atoms with Crippen LogP contribution in [0.1, 0.15) is 18.5 Å². The van der Waals surface area contributed by atoms with Crippen molar-refractivity contribution in [2.24, 2.45) is 0 Å². The summed E-state index contributed by atoms with van der Waals surface area (Å²) in [6.07, 6.45) is 0.702. The third-order valence-electron chi connectivity index (χ3n) is 4.06. The number of hydrogen-bond donors (Lipinski definition) is 2. The summed E-state index contributed by atoms with van der Waals surface area (Å²) in [5.74, 6) is -0.342. The Balaban J connectivity index is 1.51. The van der Waals surface area contributed by atoms with Gasteiger partial charge < -0.3 is 15.2 Å². The maximum absolute atomic E-state index is 12.0. The van der Waals surface area contributed by atoms with Crippen molar-refractivity contribution in [1.29, 1.82) is 0 Å². The van der Waals surface area contributed by atoms with Crippen LogP contribution in [0.4, 0.5) is 10.5 Å². The van der Waals surface area contributed by atoms with Crippen molar-refractivity contribution < 1.29 is 14.4 Å². The van der Waals surface area contributed by atoms with Gasteiger partial charge in [-0.15, -0.1) is 0 Å². The first-order chi connectivity index (χ1) is 11.4. The summed E-state index contributed by atoms with van der Waals surface area (Å²) in [5.41, 5.74) is 2.83. The van der Waals surface area contributed by atoms with Gasteiger partial charge in [0.05, 0.1) is 0 Å². The largest absolute Gasteiger partial charge is 0.359 e. The van der Waals surface area contributed by atoms with Crippen LogP contribution >= 0.6 is 0 Å². The number of aromatic amines is 1. The van der Waals surface area contributed by atoms with Gasteiger partial charge in [-0.1, -0.05) is 0 Å². The molecule has 0 aliphatic carbocycles. The van der Waals surface area contributed by atoms with Gasteiger partial charge in [0.2, 0.25) is 11.8 Å². The predicted octanol–water partition coefficient (Wildman–Crippen LogP) is 2.09. The average molecular weight is 328 g/mol. The van der Waals surface area contributed by atoms with Crippen molar-refractivity contribution in [3.8, 4) is 0 Å². The van der Waals surface area contributed by atoms with Gasteiger partial charge in [-0.25, -0.2) is 4.79 Å². The van der Waals surface area contributed by atoms with Crippen LogP contribution in [-0.2, 0) is 9.59 Å². The van der Waals surface area contributed by atoms with E-state index in [1.165, 1.54) is 9.80 Å². The second-order valence-electron chi connectivity index (χ2n) is 6.09. The lowest BCUT2D eigenvalue weighted by Gasteiger charge is -2.13. The summed E-state index contributed by atoms with van der Waals surface area (Å²) < 4.78 is 0. The zero-order chi connectivity index (χ0) is 17.3. The molecule has 1 saturated heterocycles. The van der Waals surface area contributed by atoms with Crippen molar-refractivity contribution in [3.63, 3.8) is 0 Å². The quantitative estimate of drug-likeness (QED) is 0.824. The van der Waals surface area contributed by atoms with Crippen LogP contribution in [0.3, 0.4) is 0 Å². The van der Waals surface area contributed by atoms with E-state index in [1.807, 2.05) is 31.2 Å². The number of likely N-dealkylation sites (N-methyl/N-ethyl adjacent to an activating group) is 1. The van der Waals surface area contributed by atoms with Crippen molar-refractivity contribution in [3.05, 3.63) is 30.0 Å². The van der Waals surface area contributed by atoms with Crippen LogP contribution in [0.5, 0.6) is 0 Å². The van der Waals surface area contributed by atoms with Crippen LogP contribution in [0, 0.1) is 6.92 Å². The minimum absolute atomic E-state index is 0.112. The lowest BCUT2D eigenvalue weighted by atomic mass is 10.2. The number of imide groups is 1. The first kappa shape index (κ1) is 16.0. The fourth-order valence-corrected chi connectivity index (χ4v) is 2.87. The van der Waals surface area contributed by atoms with Crippen molar-refractivity contribution >= 4 is 34.4 Å². The summed E-state index contributed by atoms with van der Waals surface area (Å²) in [4.78, 5) is 41.2. The Bertz CT molecular complexity index is 811. The van der Waals surface area contributed by atoms with E-state index in [2.05, 4.69) is 10.3 Å². The van der Waals surface area contributed by atoms with E-state index in [-0.39, 0.29) is 37.4 Å². The number of carbonyl (C=O) groups is 3. The molecule has 0 saturated carbocycles. The number of nitrogens with zero attached hydrogens (tertiary/aromatic N) is 2. The molecule has 0 atom stereocenters. The van der Waals surface area contributed by atoms with Crippen LogP contribution in [0.15, 0.2) is 24.3 Å². The second kappa shape index (κ2) is 6.35. The minimum atomic E-state index is -0.298. The first-order valence-corrected chi connectivity index (χ1v) is 7.89. The van der Waals surface area contributed by atoms with Gasteiger partial charge in [0, 0.05) is 42.3 Å². The van der Waals surface area contributed by atoms with E-state index >= 15 is 0 Å². The lowest BCUT2D eigenvalue weighted by Crippen LogP contribution is -2.32. The van der Waals surface area contributed by atoms with Gasteiger partial charge in [0.1, 0.15) is 6.54 Å². The SMILES string of the molecule is Cc1cc2cc(NC(=O)CCCN3C(=O)CN(C)C3=O)ccc2[nH]1. The molecule has 7 nitrogen and oxygen atoms in total. The molecule has 0 spiro atoms. The molecule has 0 radical (unpaired) electrons. The first-order valence-electron chi connectivity index (χ1n) is 7.89. The minimum Gasteiger partial charge on any atom is -0.359 e. The topological polar surface area (TPSA) is 85.5 Å². The molecule has 4 amide bonds. The molecule has 0 unspecified atom stereocenters. The molecular weight excluding hydrogens is 308 g/mol. The molecule has 7 heteroatoms. The Morgan fingerprint density at radius 1 is 1.29 bits per heavy atom. The number of nitrogens with one attached hydrogen (secondary N) is 2. The summed E-state index contributed by atoms with van der Waals surface area (Å²) in [6, 6.07) is 7.41. The van der Waals surface area contributed by atoms with Gasteiger partial charge in [-0.2, -0.15) is 0 Å². The molecule has 2 aromatic rings. The van der Waals surface area contributed by atoms with Crippen LogP contribution in [0.2, 0.25) is 0 Å². The van der Waals surface area contributed by atoms with E-state index in [9.17, 15) is 14.4 Å². The Kier molecular flexibility index (Phi) is 4.24. The fourth-order valence-electron chi connectivity index (χ4n) is 2.87. The number of urea groups is 1. The molecule has 2 heterocycles. The Morgan fingerprint density at radius 2 is 2.08 bits per heavy atom. The molecule has 1 aromatic carbocycles. The van der Waals surface area contributed by atoms with E-state index in [0.29, 0.717) is 6.42 Å². The number of anilines is 1. The van der Waals surface area contributed by atoms with Gasteiger partial charge in [-0.05, 0) is 37.6 Å². The van der Waals surface area contributed by atoms with E-state index in [0.717, 1.165) is 22.3 Å². The lowest BCUT2D eigenvalue weighted by molar-refractivity contribution is -0.125. The number of aryl methyl sites for hydroxylation is 1. The van der Waals surface area contributed by atoms with Gasteiger partial charge in [0.15, 0.2) is 0 Å². The monoisotopic (exact) mass is 328 g/mol. The van der Waals surface area contributed by atoms with Crippen molar-refractivity contribution in [2.75, 3.05) is 25.5 Å². The second-order valence-corrected chi connectivity index (χ2v) is 6.09. The van der Waals surface area contributed by atoms with E-state index in [1.54, 1.807) is 7.05 Å². The molecule has 0 bridgehead atoms. The number of H-pyrrole nitrogens is 1. The van der Waals surface area contributed by atoms with Crippen molar-refractivity contribution in [2.45, 2.75) is 19.8 Å². The predicted molar refractivity (Wildman–Crippen MR) is 90.6 cm³/mol. The number of aromatic nitrogens is 1. The van der Waals surface area contributed by atoms with Gasteiger partial charge in [-0.3, -0.25) is 14.5 Å². The summed E-state index contributed by atoms with van der Waals surface area (Å²) in [5, 5.41) is 3.89. The van der Waals surface area contributed by atoms with E-state index in [4.69, 9.17) is 0 Å². The number of amides is 4. The molecule has 1 fully saturated rings. The normalized spacial score (nSPS) is 14.8. The molecule has 1 aromatic heterocycles. The Hall–Kier alpha value is -2.83. The Labute approximate surface area is 139 Å². The maximum atomic E-state index is 12.0. The molecule has 1 aliphatic heterocycles. The highest BCUT2D eigenvalue weighted by Gasteiger charge is 2.32. The van der Waals surface area contributed by atoms with E-state index < -0.39 is 0 Å². The molecule has 1 aliphatic rings. The third kappa shape index (κ3) is 3.24. The van der Waals surface area contributed by atoms with Crippen LogP contribution in [0.25, 0.3) is 10.9 Å². The number of rotatable bonds is 5. The number of hydrogen-bond acceptors (Lipinski definition) is 3. The maximum Gasteiger partial charge on any atom is 0.326 e. The highest BCUT2D eigenvalue weighted by atomic mass is 16.2. The molecule has 2 N–H and O–H groups in total. The zero-order valence-electron chi connectivity index (χ0n) is 13.8. The summed E-state index contributed by atoms with van der Waals surface area (Å²) in [7, 11) is 1.59. The molecular formula is C17H20N4O3. The third-order valence-corrected chi connectivity index (χ3v) is 4.06. The standard InChI is InChI=1S/C17H20N4O3/c1-11-8-12-9-13(5-6-14(12)18-11)19-15(22)4-3-7-21-16(23)10-20(2)17(21)24/h5-6,8-9,18H,3-4,7,10H2,1-2H3,(H,19,22). The smallest absolute Gasteiger partial charge is 0.326 e. The number of fused-ring (bicyclic) bond motifs is 1. The molecule has 24 heavy (non-hydrogen) atoms. The highest BCUT2D eigenvalue weighted by molar-refractivity contribution is 6.01. The fraction of sp³-hybridized carbons (Fsp3) is 0.353. The summed E-state index contributed by atoms with van der Waals surface area (Å²) in [6.45, 7) is 2.36. The van der Waals surface area contributed by atoms with Crippen LogP contribution in [-0.4, -0.2) is 52.8 Å². The molecule has 3 rings (SSSR count). The molecule has 126 valence electrons. The van der Waals surface area contributed by atoms with Gasteiger partial charge in [0.25, 0.3) is 0 Å². The van der Waals surface area contributed by atoms with Crippen molar-refractivity contribution in [1.82, 2.24) is 14.8 Å². The van der Waals surface area contributed by atoms with Gasteiger partial charge >= 0.3 is 6.03 Å². The van der Waals surface area contributed by atoms with Crippen LogP contribution < -0.4 is 5.32 Å². The Morgan fingerprint density at radius 3 is 2.79 bits per heavy atom. The summed E-state index contributed by atoms with van der Waals surface area (Å²) >= 11 is 0.